The Morgan fingerprint density at radius 1 is 1.30 bits per heavy atom. The molecule has 2 nitrogen and oxygen atoms in total. The highest BCUT2D eigenvalue weighted by molar-refractivity contribution is 4.65. The van der Waals surface area contributed by atoms with E-state index in [0.29, 0.717) is 12.1 Å². The number of nitrogens with two attached hydrogens (primary N) is 1. The molecule has 3 N–H and O–H groups in total. The SMILES string of the molecule is C=CNC(C)C.CC(C)N. The van der Waals surface area contributed by atoms with Crippen molar-refractivity contribution in [2.45, 2.75) is 39.8 Å². The highest BCUT2D eigenvalue weighted by Crippen LogP contribution is 1.71. The van der Waals surface area contributed by atoms with Crippen molar-refractivity contribution in [3.05, 3.63) is 12.8 Å². The van der Waals surface area contributed by atoms with E-state index in [4.69, 9.17) is 5.73 Å². The molecular weight excluding hydrogens is 124 g/mol. The van der Waals surface area contributed by atoms with Crippen LogP contribution in [0.2, 0.25) is 0 Å². The Morgan fingerprint density at radius 3 is 1.60 bits per heavy atom. The van der Waals surface area contributed by atoms with E-state index < -0.39 is 0 Å². The van der Waals surface area contributed by atoms with Crippen molar-refractivity contribution >= 4 is 0 Å². The minimum Gasteiger partial charge on any atom is -0.389 e. The molecule has 0 fully saturated rings. The van der Waals surface area contributed by atoms with Gasteiger partial charge in [-0.2, -0.15) is 0 Å². The molecule has 0 aliphatic carbocycles. The summed E-state index contributed by atoms with van der Waals surface area (Å²) < 4.78 is 0. The zero-order valence-electron chi connectivity index (χ0n) is 7.52. The standard InChI is InChI=1S/C5H11N.C3H9N/c1-4-6-5(2)3;1-3(2)4/h4-6H,1H2,2-3H3;3H,4H2,1-2H3. The van der Waals surface area contributed by atoms with Gasteiger partial charge in [-0.3, -0.25) is 0 Å². The van der Waals surface area contributed by atoms with E-state index in [1.807, 2.05) is 13.8 Å². The Bertz CT molecular complexity index is 64.9. The van der Waals surface area contributed by atoms with Crippen LogP contribution in [0.4, 0.5) is 0 Å². The van der Waals surface area contributed by atoms with Gasteiger partial charge in [-0.25, -0.2) is 0 Å². The van der Waals surface area contributed by atoms with Gasteiger partial charge in [0.25, 0.3) is 0 Å². The van der Waals surface area contributed by atoms with Crippen LogP contribution in [0, 0.1) is 0 Å². The third-order valence-electron chi connectivity index (χ3n) is 0.451. The molecule has 10 heavy (non-hydrogen) atoms. The highest BCUT2D eigenvalue weighted by atomic mass is 14.9. The maximum Gasteiger partial charge on any atom is 0.0199 e. The zero-order chi connectivity index (χ0) is 8.57. The van der Waals surface area contributed by atoms with Gasteiger partial charge in [0.05, 0.1) is 0 Å². The summed E-state index contributed by atoms with van der Waals surface area (Å²) in [4.78, 5) is 0. The van der Waals surface area contributed by atoms with Crippen LogP contribution >= 0.6 is 0 Å². The van der Waals surface area contributed by atoms with Crippen molar-refractivity contribution in [2.75, 3.05) is 0 Å². The molecule has 0 rings (SSSR count). The lowest BCUT2D eigenvalue weighted by Gasteiger charge is -1.99. The zero-order valence-corrected chi connectivity index (χ0v) is 7.52. The van der Waals surface area contributed by atoms with Gasteiger partial charge in [-0.15, -0.1) is 0 Å². The van der Waals surface area contributed by atoms with Gasteiger partial charge in [0, 0.05) is 6.04 Å². The lowest BCUT2D eigenvalue weighted by molar-refractivity contribution is 0.704. The Hall–Kier alpha value is -0.500. The minimum absolute atomic E-state index is 0.333. The maximum absolute atomic E-state index is 5.11. The predicted octanol–water partition coefficient (Wildman–Crippen LogP) is 1.48. The van der Waals surface area contributed by atoms with Crippen molar-refractivity contribution < 1.29 is 0 Å². The van der Waals surface area contributed by atoms with Gasteiger partial charge in [-0.1, -0.05) is 20.4 Å². The molecule has 0 aliphatic rings. The van der Waals surface area contributed by atoms with Crippen LogP contribution in [0.1, 0.15) is 27.7 Å². The van der Waals surface area contributed by atoms with E-state index in [1.165, 1.54) is 0 Å². The van der Waals surface area contributed by atoms with E-state index in [2.05, 4.69) is 25.7 Å². The first-order chi connectivity index (χ1) is 4.50. The fourth-order valence-corrected chi connectivity index (χ4v) is 0.236. The molecule has 0 amide bonds. The smallest absolute Gasteiger partial charge is 0.0199 e. The Kier molecular flexibility index (Phi) is 10.4. The first-order valence-corrected chi connectivity index (χ1v) is 3.63. The summed E-state index contributed by atoms with van der Waals surface area (Å²) in [6, 6.07) is 0.863. The lowest BCUT2D eigenvalue weighted by atomic mass is 10.4. The topological polar surface area (TPSA) is 38.0 Å². The van der Waals surface area contributed by atoms with Gasteiger partial charge in [0.15, 0.2) is 0 Å². The molecule has 0 aliphatic heterocycles. The van der Waals surface area contributed by atoms with Crippen molar-refractivity contribution in [1.82, 2.24) is 5.32 Å². The molecule has 0 aromatic heterocycles. The summed E-state index contributed by atoms with van der Waals surface area (Å²) in [6.45, 7) is 11.5. The Morgan fingerprint density at radius 2 is 1.60 bits per heavy atom. The third kappa shape index (κ3) is 50.7. The molecule has 0 aromatic carbocycles. The normalized spacial score (nSPS) is 8.70. The Labute approximate surface area is 64.5 Å². The van der Waals surface area contributed by atoms with Crippen molar-refractivity contribution in [3.63, 3.8) is 0 Å². The summed E-state index contributed by atoms with van der Waals surface area (Å²) >= 11 is 0. The van der Waals surface area contributed by atoms with Crippen LogP contribution in [0.25, 0.3) is 0 Å². The van der Waals surface area contributed by atoms with E-state index in [0.717, 1.165) is 0 Å². The fraction of sp³-hybridized carbons (Fsp3) is 0.750. The fourth-order valence-electron chi connectivity index (χ4n) is 0.236. The second-order valence-electron chi connectivity index (χ2n) is 2.77. The molecule has 2 heteroatoms. The van der Waals surface area contributed by atoms with Crippen LogP contribution in [0.3, 0.4) is 0 Å². The van der Waals surface area contributed by atoms with Crippen molar-refractivity contribution in [2.24, 2.45) is 5.73 Å². The first-order valence-electron chi connectivity index (χ1n) is 3.63. The summed E-state index contributed by atoms with van der Waals surface area (Å²) in [6.07, 6.45) is 1.70. The molecule has 0 bridgehead atoms. The van der Waals surface area contributed by atoms with Crippen LogP contribution in [-0.4, -0.2) is 12.1 Å². The van der Waals surface area contributed by atoms with Crippen molar-refractivity contribution in [3.8, 4) is 0 Å². The quantitative estimate of drug-likeness (QED) is 0.616. The molecule has 0 saturated heterocycles. The molecule has 0 unspecified atom stereocenters. The summed E-state index contributed by atoms with van der Waals surface area (Å²) in [5, 5.41) is 2.97. The van der Waals surface area contributed by atoms with Crippen LogP contribution in [-0.2, 0) is 0 Å². The maximum atomic E-state index is 5.11. The van der Waals surface area contributed by atoms with Crippen molar-refractivity contribution in [1.29, 1.82) is 0 Å². The molecule has 0 radical (unpaired) electrons. The second kappa shape index (κ2) is 8.50. The number of hydrogen-bond acceptors (Lipinski definition) is 2. The third-order valence-corrected chi connectivity index (χ3v) is 0.451. The number of rotatable bonds is 2. The molecular formula is C8H20N2. The lowest BCUT2D eigenvalue weighted by Crippen LogP contribution is -2.14. The molecule has 0 heterocycles. The predicted molar refractivity (Wildman–Crippen MR) is 47.8 cm³/mol. The average Bonchev–Trinajstić information content (AvgIpc) is 1.62. The molecule has 0 atom stereocenters. The summed E-state index contributed by atoms with van der Waals surface area (Å²) in [5.41, 5.74) is 5.11. The van der Waals surface area contributed by atoms with E-state index in [-0.39, 0.29) is 0 Å². The number of hydrogen-bond donors (Lipinski definition) is 2. The minimum atomic E-state index is 0.333. The second-order valence-corrected chi connectivity index (χ2v) is 2.77. The molecule has 62 valence electrons. The molecule has 0 spiro atoms. The first kappa shape index (κ1) is 12.2. The Balaban J connectivity index is 0. The van der Waals surface area contributed by atoms with Gasteiger partial charge in [0.1, 0.15) is 0 Å². The van der Waals surface area contributed by atoms with E-state index >= 15 is 0 Å². The highest BCUT2D eigenvalue weighted by Gasteiger charge is 1.78. The average molecular weight is 144 g/mol. The van der Waals surface area contributed by atoms with E-state index in [9.17, 15) is 0 Å². The van der Waals surface area contributed by atoms with E-state index in [1.54, 1.807) is 6.20 Å². The van der Waals surface area contributed by atoms with Gasteiger partial charge < -0.3 is 11.1 Å². The van der Waals surface area contributed by atoms with Crippen LogP contribution < -0.4 is 11.1 Å². The summed E-state index contributed by atoms with van der Waals surface area (Å²) in [5.74, 6) is 0. The van der Waals surface area contributed by atoms with Gasteiger partial charge in [-0.05, 0) is 26.1 Å². The summed E-state index contributed by atoms with van der Waals surface area (Å²) in [7, 11) is 0. The van der Waals surface area contributed by atoms with Crippen LogP contribution in [0.5, 0.6) is 0 Å². The largest absolute Gasteiger partial charge is 0.389 e. The number of nitrogens with one attached hydrogen (secondary N) is 1. The molecule has 0 saturated carbocycles. The van der Waals surface area contributed by atoms with Crippen LogP contribution in [0.15, 0.2) is 12.8 Å². The van der Waals surface area contributed by atoms with Gasteiger partial charge in [0.2, 0.25) is 0 Å². The monoisotopic (exact) mass is 144 g/mol. The van der Waals surface area contributed by atoms with Gasteiger partial charge >= 0.3 is 0 Å². The molecule has 0 aromatic rings.